The Bertz CT molecular complexity index is 695. The number of amides is 2. The molecule has 2 aromatic rings. The van der Waals surface area contributed by atoms with Crippen LogP contribution in [0, 0.1) is 0 Å². The molecule has 0 atom stereocenters. The molecule has 1 aromatic heterocycles. The number of hydrazone groups is 1. The summed E-state index contributed by atoms with van der Waals surface area (Å²) in [5.41, 5.74) is 3.60. The lowest BCUT2D eigenvalue weighted by molar-refractivity contribution is -0.115. The molecule has 0 radical (unpaired) electrons. The summed E-state index contributed by atoms with van der Waals surface area (Å²) >= 11 is 4.88. The van der Waals surface area contributed by atoms with Crippen LogP contribution in [-0.4, -0.2) is 18.0 Å². The van der Waals surface area contributed by atoms with Crippen molar-refractivity contribution in [3.63, 3.8) is 0 Å². The largest absolute Gasteiger partial charge is 0.326 e. The molecule has 7 heteroatoms. The first kappa shape index (κ1) is 16.4. The van der Waals surface area contributed by atoms with Gasteiger partial charge in [-0.1, -0.05) is 6.92 Å². The standard InChI is InChI=1S/C15H14BrN3O2S/c1-2-14(20)18-11-5-3-10(4-6-11)15(21)19-17-9-12-7-8-13(16)22-12/h3-9H,2H2,1H3,(H,18,20)(H,19,21)/b17-9-. The summed E-state index contributed by atoms with van der Waals surface area (Å²) in [6.07, 6.45) is 2.00. The Balaban J connectivity index is 1.92. The van der Waals surface area contributed by atoms with E-state index in [4.69, 9.17) is 0 Å². The first-order valence-corrected chi connectivity index (χ1v) is 8.18. The molecular weight excluding hydrogens is 366 g/mol. The van der Waals surface area contributed by atoms with E-state index in [1.54, 1.807) is 37.4 Å². The number of carbonyl (C=O) groups excluding carboxylic acids is 2. The van der Waals surface area contributed by atoms with Gasteiger partial charge in [0.05, 0.1) is 10.0 Å². The second-order valence-corrected chi connectivity index (χ2v) is 6.81. The first-order chi connectivity index (χ1) is 10.6. The zero-order chi connectivity index (χ0) is 15.9. The van der Waals surface area contributed by atoms with E-state index in [2.05, 4.69) is 31.8 Å². The maximum atomic E-state index is 11.9. The molecule has 0 aliphatic rings. The molecule has 22 heavy (non-hydrogen) atoms. The van der Waals surface area contributed by atoms with Gasteiger partial charge in [0.25, 0.3) is 5.91 Å². The van der Waals surface area contributed by atoms with Crippen LogP contribution in [0.1, 0.15) is 28.6 Å². The van der Waals surface area contributed by atoms with Crippen molar-refractivity contribution in [2.45, 2.75) is 13.3 Å². The summed E-state index contributed by atoms with van der Waals surface area (Å²) in [6, 6.07) is 10.5. The van der Waals surface area contributed by atoms with Crippen molar-refractivity contribution >= 4 is 51.0 Å². The smallest absolute Gasteiger partial charge is 0.271 e. The van der Waals surface area contributed by atoms with Gasteiger partial charge < -0.3 is 5.32 Å². The SMILES string of the molecule is CCC(=O)Nc1ccc(C(=O)N/N=C\c2ccc(Br)s2)cc1. The molecule has 0 saturated carbocycles. The van der Waals surface area contributed by atoms with Crippen LogP contribution in [0.3, 0.4) is 0 Å². The predicted molar refractivity (Wildman–Crippen MR) is 92.4 cm³/mol. The van der Waals surface area contributed by atoms with Crippen LogP contribution in [0.25, 0.3) is 0 Å². The molecule has 2 rings (SSSR count). The summed E-state index contributed by atoms with van der Waals surface area (Å²) < 4.78 is 1.00. The van der Waals surface area contributed by atoms with Gasteiger partial charge in [0.15, 0.2) is 0 Å². The molecule has 2 amide bonds. The number of carbonyl (C=O) groups is 2. The highest BCUT2D eigenvalue weighted by molar-refractivity contribution is 9.11. The van der Waals surface area contributed by atoms with Crippen LogP contribution in [0.5, 0.6) is 0 Å². The van der Waals surface area contributed by atoms with Crippen molar-refractivity contribution < 1.29 is 9.59 Å². The number of benzene rings is 1. The fourth-order valence-corrected chi connectivity index (χ4v) is 2.87. The molecule has 0 saturated heterocycles. The molecule has 0 fully saturated rings. The van der Waals surface area contributed by atoms with E-state index in [1.165, 1.54) is 11.3 Å². The number of nitrogens with zero attached hydrogens (tertiary/aromatic N) is 1. The normalized spacial score (nSPS) is 10.6. The number of anilines is 1. The van der Waals surface area contributed by atoms with Crippen molar-refractivity contribution in [1.82, 2.24) is 5.43 Å². The third kappa shape index (κ3) is 4.78. The number of hydrogen-bond donors (Lipinski definition) is 2. The number of nitrogens with one attached hydrogen (secondary N) is 2. The fourth-order valence-electron chi connectivity index (χ4n) is 1.57. The van der Waals surface area contributed by atoms with Crippen LogP contribution in [0.15, 0.2) is 45.3 Å². The van der Waals surface area contributed by atoms with E-state index in [0.29, 0.717) is 17.7 Å². The van der Waals surface area contributed by atoms with E-state index in [9.17, 15) is 9.59 Å². The summed E-state index contributed by atoms with van der Waals surface area (Å²) in [7, 11) is 0. The van der Waals surface area contributed by atoms with E-state index in [1.807, 2.05) is 12.1 Å². The Kier molecular flexibility index (Phi) is 5.85. The zero-order valence-corrected chi connectivity index (χ0v) is 14.2. The molecule has 1 heterocycles. The Morgan fingerprint density at radius 2 is 1.95 bits per heavy atom. The molecule has 0 aliphatic carbocycles. The third-order valence-corrected chi connectivity index (χ3v) is 4.26. The van der Waals surface area contributed by atoms with Crippen molar-refractivity contribution in [3.8, 4) is 0 Å². The van der Waals surface area contributed by atoms with Gasteiger partial charge in [0, 0.05) is 22.5 Å². The Hall–Kier alpha value is -1.99. The highest BCUT2D eigenvalue weighted by atomic mass is 79.9. The molecule has 0 spiro atoms. The summed E-state index contributed by atoms with van der Waals surface area (Å²) in [6.45, 7) is 1.78. The minimum atomic E-state index is -0.305. The monoisotopic (exact) mass is 379 g/mol. The van der Waals surface area contributed by atoms with Gasteiger partial charge in [-0.05, 0) is 52.3 Å². The van der Waals surface area contributed by atoms with Crippen molar-refractivity contribution in [3.05, 3.63) is 50.6 Å². The lowest BCUT2D eigenvalue weighted by Crippen LogP contribution is -2.17. The molecule has 2 N–H and O–H groups in total. The minimum absolute atomic E-state index is 0.0658. The highest BCUT2D eigenvalue weighted by Crippen LogP contribution is 2.20. The van der Waals surface area contributed by atoms with Crippen LogP contribution in [0.2, 0.25) is 0 Å². The van der Waals surface area contributed by atoms with E-state index in [0.717, 1.165) is 8.66 Å². The summed E-state index contributed by atoms with van der Waals surface area (Å²) in [5.74, 6) is -0.371. The molecule has 0 bridgehead atoms. The van der Waals surface area contributed by atoms with E-state index >= 15 is 0 Å². The topological polar surface area (TPSA) is 70.6 Å². The van der Waals surface area contributed by atoms with Gasteiger partial charge in [-0.2, -0.15) is 5.10 Å². The van der Waals surface area contributed by atoms with Gasteiger partial charge in [0.1, 0.15) is 0 Å². The first-order valence-electron chi connectivity index (χ1n) is 6.57. The average molecular weight is 380 g/mol. The maximum Gasteiger partial charge on any atom is 0.271 e. The van der Waals surface area contributed by atoms with Gasteiger partial charge >= 0.3 is 0 Å². The van der Waals surface area contributed by atoms with E-state index in [-0.39, 0.29) is 11.8 Å². The summed E-state index contributed by atoms with van der Waals surface area (Å²) in [4.78, 5) is 24.1. The number of rotatable bonds is 5. The van der Waals surface area contributed by atoms with Crippen molar-refractivity contribution in [2.24, 2.45) is 5.10 Å². The Morgan fingerprint density at radius 1 is 1.23 bits per heavy atom. The van der Waals surface area contributed by atoms with E-state index < -0.39 is 0 Å². The molecular formula is C15H14BrN3O2S. The molecule has 0 aliphatic heterocycles. The maximum absolute atomic E-state index is 11.9. The Morgan fingerprint density at radius 3 is 2.55 bits per heavy atom. The quantitative estimate of drug-likeness (QED) is 0.614. The minimum Gasteiger partial charge on any atom is -0.326 e. The van der Waals surface area contributed by atoms with Crippen LogP contribution >= 0.6 is 27.3 Å². The number of thiophene rings is 1. The van der Waals surface area contributed by atoms with Crippen LogP contribution in [0.4, 0.5) is 5.69 Å². The summed E-state index contributed by atoms with van der Waals surface area (Å²) in [5, 5.41) is 6.63. The number of halogens is 1. The molecule has 5 nitrogen and oxygen atoms in total. The van der Waals surface area contributed by atoms with Crippen molar-refractivity contribution in [2.75, 3.05) is 5.32 Å². The molecule has 0 unspecified atom stereocenters. The van der Waals surface area contributed by atoms with Gasteiger partial charge in [-0.3, -0.25) is 9.59 Å². The average Bonchev–Trinajstić information content (AvgIpc) is 2.93. The number of hydrogen-bond acceptors (Lipinski definition) is 4. The zero-order valence-electron chi connectivity index (χ0n) is 11.8. The molecule has 1 aromatic carbocycles. The van der Waals surface area contributed by atoms with Crippen LogP contribution < -0.4 is 10.7 Å². The lowest BCUT2D eigenvalue weighted by atomic mass is 10.2. The Labute approximate surface area is 140 Å². The van der Waals surface area contributed by atoms with Crippen LogP contribution in [-0.2, 0) is 4.79 Å². The van der Waals surface area contributed by atoms with Gasteiger partial charge in [-0.15, -0.1) is 11.3 Å². The second-order valence-electron chi connectivity index (χ2n) is 4.32. The van der Waals surface area contributed by atoms with Gasteiger partial charge in [-0.25, -0.2) is 5.43 Å². The second kappa shape index (κ2) is 7.86. The highest BCUT2D eigenvalue weighted by Gasteiger charge is 2.05. The molecule has 114 valence electrons. The predicted octanol–water partition coefficient (Wildman–Crippen LogP) is 3.62. The third-order valence-electron chi connectivity index (χ3n) is 2.70. The fraction of sp³-hybridized carbons (Fsp3) is 0.133. The van der Waals surface area contributed by atoms with Gasteiger partial charge in [0.2, 0.25) is 5.91 Å². The lowest BCUT2D eigenvalue weighted by Gasteiger charge is -2.04. The van der Waals surface area contributed by atoms with Crippen molar-refractivity contribution in [1.29, 1.82) is 0 Å².